The second-order valence-corrected chi connectivity index (χ2v) is 5.27. The SMILES string of the molecule is O=C(NCCOc1ccc(F)cc1)c1cc2ccccc2cc1O. The molecule has 0 saturated heterocycles. The van der Waals surface area contributed by atoms with E-state index >= 15 is 0 Å². The van der Waals surface area contributed by atoms with E-state index in [0.29, 0.717) is 5.75 Å². The highest BCUT2D eigenvalue weighted by molar-refractivity contribution is 6.01. The molecule has 0 aromatic heterocycles. The van der Waals surface area contributed by atoms with E-state index in [0.717, 1.165) is 10.8 Å². The Morgan fingerprint density at radius 1 is 1.04 bits per heavy atom. The number of phenolic OH excluding ortho intramolecular Hbond substituents is 1. The number of aromatic hydroxyl groups is 1. The van der Waals surface area contributed by atoms with Crippen molar-refractivity contribution in [1.29, 1.82) is 0 Å². The van der Waals surface area contributed by atoms with Crippen molar-refractivity contribution in [1.82, 2.24) is 5.32 Å². The van der Waals surface area contributed by atoms with Crippen LogP contribution >= 0.6 is 0 Å². The Bertz CT molecular complexity index is 862. The Hall–Kier alpha value is -3.08. The summed E-state index contributed by atoms with van der Waals surface area (Å²) in [6.07, 6.45) is 0. The van der Waals surface area contributed by atoms with Gasteiger partial charge >= 0.3 is 0 Å². The van der Waals surface area contributed by atoms with Gasteiger partial charge in [-0.05, 0) is 47.2 Å². The van der Waals surface area contributed by atoms with Gasteiger partial charge in [-0.25, -0.2) is 4.39 Å². The number of halogens is 1. The van der Waals surface area contributed by atoms with Gasteiger partial charge in [-0.15, -0.1) is 0 Å². The van der Waals surface area contributed by atoms with Gasteiger partial charge in [-0.2, -0.15) is 0 Å². The Morgan fingerprint density at radius 3 is 2.42 bits per heavy atom. The first-order valence-corrected chi connectivity index (χ1v) is 7.52. The lowest BCUT2D eigenvalue weighted by Crippen LogP contribution is -2.28. The average Bonchev–Trinajstić information content (AvgIpc) is 2.59. The summed E-state index contributed by atoms with van der Waals surface area (Å²) in [7, 11) is 0. The molecule has 3 aromatic rings. The molecule has 24 heavy (non-hydrogen) atoms. The van der Waals surface area contributed by atoms with Crippen LogP contribution in [0.3, 0.4) is 0 Å². The summed E-state index contributed by atoms with van der Waals surface area (Å²) in [5, 5.41) is 14.4. The van der Waals surface area contributed by atoms with Crippen molar-refractivity contribution >= 4 is 16.7 Å². The van der Waals surface area contributed by atoms with E-state index in [2.05, 4.69) is 5.32 Å². The van der Waals surface area contributed by atoms with Crippen LogP contribution in [0.1, 0.15) is 10.4 Å². The van der Waals surface area contributed by atoms with E-state index in [1.165, 1.54) is 24.3 Å². The molecule has 0 aliphatic rings. The van der Waals surface area contributed by atoms with Gasteiger partial charge in [0.2, 0.25) is 0 Å². The normalized spacial score (nSPS) is 10.5. The maximum absolute atomic E-state index is 12.8. The number of carbonyl (C=O) groups is 1. The fourth-order valence-corrected chi connectivity index (χ4v) is 2.37. The standard InChI is InChI=1S/C19H16FNO3/c20-15-5-7-16(8-6-15)24-10-9-21-19(23)17-11-13-3-1-2-4-14(13)12-18(17)22/h1-8,11-12,22H,9-10H2,(H,21,23). The molecule has 0 bridgehead atoms. The number of hydrogen-bond donors (Lipinski definition) is 2. The van der Waals surface area contributed by atoms with Crippen molar-refractivity contribution in [3.63, 3.8) is 0 Å². The Labute approximate surface area is 138 Å². The molecule has 1 amide bonds. The molecule has 3 rings (SSSR count). The van der Waals surface area contributed by atoms with Crippen molar-refractivity contribution in [3.05, 3.63) is 72.0 Å². The van der Waals surface area contributed by atoms with E-state index in [-0.39, 0.29) is 36.2 Å². The van der Waals surface area contributed by atoms with Gasteiger partial charge in [-0.1, -0.05) is 24.3 Å². The summed E-state index contributed by atoms with van der Waals surface area (Å²) in [6.45, 7) is 0.508. The zero-order valence-corrected chi connectivity index (χ0v) is 12.8. The molecule has 0 heterocycles. The molecule has 3 aromatic carbocycles. The summed E-state index contributed by atoms with van der Waals surface area (Å²) in [6, 6.07) is 16.4. The highest BCUT2D eigenvalue weighted by Gasteiger charge is 2.12. The molecule has 0 spiro atoms. The lowest BCUT2D eigenvalue weighted by atomic mass is 10.1. The highest BCUT2D eigenvalue weighted by atomic mass is 19.1. The monoisotopic (exact) mass is 325 g/mol. The number of amides is 1. The van der Waals surface area contributed by atoms with Crippen molar-refractivity contribution in [2.75, 3.05) is 13.2 Å². The Balaban J connectivity index is 1.59. The number of fused-ring (bicyclic) bond motifs is 1. The van der Waals surface area contributed by atoms with E-state index in [9.17, 15) is 14.3 Å². The topological polar surface area (TPSA) is 58.6 Å². The molecule has 122 valence electrons. The zero-order chi connectivity index (χ0) is 16.9. The molecule has 0 fully saturated rings. The van der Waals surface area contributed by atoms with Crippen molar-refractivity contribution < 1.29 is 19.0 Å². The van der Waals surface area contributed by atoms with Gasteiger partial charge in [0.1, 0.15) is 23.9 Å². The summed E-state index contributed by atoms with van der Waals surface area (Å²) in [4.78, 5) is 12.2. The van der Waals surface area contributed by atoms with Gasteiger partial charge in [-0.3, -0.25) is 4.79 Å². The maximum Gasteiger partial charge on any atom is 0.255 e. The van der Waals surface area contributed by atoms with Crippen molar-refractivity contribution in [2.45, 2.75) is 0 Å². The molecule has 4 nitrogen and oxygen atoms in total. The number of hydrogen-bond acceptors (Lipinski definition) is 3. The van der Waals surface area contributed by atoms with Crippen LogP contribution in [0, 0.1) is 5.82 Å². The largest absolute Gasteiger partial charge is 0.507 e. The van der Waals surface area contributed by atoms with Crippen LogP contribution in [0.4, 0.5) is 4.39 Å². The first-order chi connectivity index (χ1) is 11.6. The molecule has 0 aliphatic heterocycles. The van der Waals surface area contributed by atoms with E-state index < -0.39 is 0 Å². The molecule has 0 atom stereocenters. The van der Waals surface area contributed by atoms with Crippen LogP contribution in [0.2, 0.25) is 0 Å². The minimum atomic E-state index is -0.374. The van der Waals surface area contributed by atoms with Gasteiger partial charge in [0.15, 0.2) is 0 Å². The van der Waals surface area contributed by atoms with E-state index in [1.807, 2.05) is 24.3 Å². The Morgan fingerprint density at radius 2 is 1.71 bits per heavy atom. The number of rotatable bonds is 5. The van der Waals surface area contributed by atoms with Crippen LogP contribution in [0.5, 0.6) is 11.5 Å². The maximum atomic E-state index is 12.8. The zero-order valence-electron chi connectivity index (χ0n) is 12.8. The number of nitrogens with one attached hydrogen (secondary N) is 1. The highest BCUT2D eigenvalue weighted by Crippen LogP contribution is 2.24. The minimum Gasteiger partial charge on any atom is -0.507 e. The first-order valence-electron chi connectivity index (χ1n) is 7.52. The number of ether oxygens (including phenoxy) is 1. The lowest BCUT2D eigenvalue weighted by molar-refractivity contribution is 0.0944. The van der Waals surface area contributed by atoms with E-state index in [4.69, 9.17) is 4.74 Å². The third-order valence-corrected chi connectivity index (χ3v) is 3.58. The third kappa shape index (κ3) is 3.63. The number of benzene rings is 3. The second-order valence-electron chi connectivity index (χ2n) is 5.27. The Kier molecular flexibility index (Phi) is 4.61. The number of carbonyl (C=O) groups excluding carboxylic acids is 1. The van der Waals surface area contributed by atoms with Crippen LogP contribution in [0.25, 0.3) is 10.8 Å². The first kappa shape index (κ1) is 15.8. The average molecular weight is 325 g/mol. The smallest absolute Gasteiger partial charge is 0.255 e. The van der Waals surface area contributed by atoms with Crippen molar-refractivity contribution in [2.24, 2.45) is 0 Å². The quantitative estimate of drug-likeness (QED) is 0.706. The van der Waals surface area contributed by atoms with Crippen LogP contribution in [0.15, 0.2) is 60.7 Å². The molecule has 2 N–H and O–H groups in total. The second kappa shape index (κ2) is 7.00. The van der Waals surface area contributed by atoms with Gasteiger partial charge in [0, 0.05) is 0 Å². The molecule has 0 radical (unpaired) electrons. The summed E-state index contributed by atoms with van der Waals surface area (Å²) in [5.41, 5.74) is 0.218. The molecular formula is C19H16FNO3. The van der Waals surface area contributed by atoms with E-state index in [1.54, 1.807) is 12.1 Å². The van der Waals surface area contributed by atoms with Crippen molar-refractivity contribution in [3.8, 4) is 11.5 Å². The minimum absolute atomic E-state index is 0.0642. The molecular weight excluding hydrogens is 309 g/mol. The molecule has 0 saturated carbocycles. The summed E-state index contributed by atoms with van der Waals surface area (Å²) in [5.74, 6) is -0.242. The predicted molar refractivity (Wildman–Crippen MR) is 89.8 cm³/mol. The molecule has 0 aliphatic carbocycles. The fraction of sp³-hybridized carbons (Fsp3) is 0.105. The molecule has 5 heteroatoms. The van der Waals surface area contributed by atoms with Gasteiger partial charge in [0.05, 0.1) is 12.1 Å². The van der Waals surface area contributed by atoms with Crippen LogP contribution in [-0.2, 0) is 0 Å². The third-order valence-electron chi connectivity index (χ3n) is 3.58. The van der Waals surface area contributed by atoms with Gasteiger partial charge < -0.3 is 15.2 Å². The predicted octanol–water partition coefficient (Wildman–Crippen LogP) is 3.49. The van der Waals surface area contributed by atoms with Gasteiger partial charge in [0.25, 0.3) is 5.91 Å². The number of phenols is 1. The summed E-state index contributed by atoms with van der Waals surface area (Å²) >= 11 is 0. The fourth-order valence-electron chi connectivity index (χ4n) is 2.37. The van der Waals surface area contributed by atoms with Crippen LogP contribution < -0.4 is 10.1 Å². The molecule has 0 unspecified atom stereocenters. The lowest BCUT2D eigenvalue weighted by Gasteiger charge is -2.09. The summed E-state index contributed by atoms with van der Waals surface area (Å²) < 4.78 is 18.2. The van der Waals surface area contributed by atoms with Crippen LogP contribution in [-0.4, -0.2) is 24.2 Å².